The summed E-state index contributed by atoms with van der Waals surface area (Å²) in [5.41, 5.74) is 2.14. The molecule has 2 aromatic rings. The second-order valence-electron chi connectivity index (χ2n) is 8.52. The molecule has 0 saturated heterocycles. The highest BCUT2D eigenvalue weighted by molar-refractivity contribution is 14.1. The molecule has 0 spiro atoms. The molecule has 1 fully saturated rings. The average molecular weight is 548 g/mol. The van der Waals surface area contributed by atoms with Crippen molar-refractivity contribution in [3.05, 3.63) is 63.2 Å². The van der Waals surface area contributed by atoms with Crippen LogP contribution in [-0.2, 0) is 16.1 Å². The molecule has 0 heterocycles. The van der Waals surface area contributed by atoms with E-state index in [2.05, 4.69) is 34.0 Å². The first-order valence-corrected chi connectivity index (χ1v) is 12.6. The first kappa shape index (κ1) is 24.6. The number of rotatable bonds is 9. The highest BCUT2D eigenvalue weighted by Gasteiger charge is 2.30. The van der Waals surface area contributed by atoms with Crippen LogP contribution in [0.25, 0.3) is 0 Å². The van der Waals surface area contributed by atoms with E-state index in [1.54, 1.807) is 4.90 Å². The predicted molar refractivity (Wildman–Crippen MR) is 135 cm³/mol. The Labute approximate surface area is 205 Å². The van der Waals surface area contributed by atoms with Crippen LogP contribution in [0.4, 0.5) is 0 Å². The zero-order chi connectivity index (χ0) is 22.9. The Kier molecular flexibility index (Phi) is 9.38. The molecule has 2 aromatic carbocycles. The van der Waals surface area contributed by atoms with Crippen molar-refractivity contribution in [1.29, 1.82) is 0 Å². The number of halogens is 1. The van der Waals surface area contributed by atoms with Crippen molar-refractivity contribution in [2.24, 2.45) is 0 Å². The molecule has 0 aromatic heterocycles. The molecule has 1 aliphatic rings. The van der Waals surface area contributed by atoms with Crippen LogP contribution in [0.1, 0.15) is 56.6 Å². The van der Waals surface area contributed by atoms with Crippen molar-refractivity contribution in [3.63, 3.8) is 0 Å². The SMILES string of the molecule is CC[C@H](C(=O)NC1CCCCC1)N(Cc1cccc(C)c1)C(=O)COc1ccc(I)cc1. The molecule has 1 N–H and O–H groups in total. The lowest BCUT2D eigenvalue weighted by Gasteiger charge is -2.32. The Morgan fingerprint density at radius 2 is 1.84 bits per heavy atom. The molecule has 32 heavy (non-hydrogen) atoms. The van der Waals surface area contributed by atoms with Gasteiger partial charge in [0.2, 0.25) is 5.91 Å². The van der Waals surface area contributed by atoms with E-state index in [1.165, 1.54) is 6.42 Å². The summed E-state index contributed by atoms with van der Waals surface area (Å²) in [4.78, 5) is 28.2. The molecule has 0 radical (unpaired) electrons. The van der Waals surface area contributed by atoms with Crippen LogP contribution in [0.15, 0.2) is 48.5 Å². The monoisotopic (exact) mass is 548 g/mol. The lowest BCUT2D eigenvalue weighted by Crippen LogP contribution is -2.52. The van der Waals surface area contributed by atoms with E-state index in [0.29, 0.717) is 18.7 Å². The van der Waals surface area contributed by atoms with Gasteiger partial charge in [-0.25, -0.2) is 0 Å². The second kappa shape index (κ2) is 12.2. The molecule has 172 valence electrons. The van der Waals surface area contributed by atoms with Gasteiger partial charge in [-0.2, -0.15) is 0 Å². The van der Waals surface area contributed by atoms with Gasteiger partial charge in [0.1, 0.15) is 11.8 Å². The van der Waals surface area contributed by atoms with E-state index in [-0.39, 0.29) is 24.5 Å². The van der Waals surface area contributed by atoms with E-state index in [0.717, 1.165) is 40.4 Å². The number of nitrogens with zero attached hydrogens (tertiary/aromatic N) is 1. The van der Waals surface area contributed by atoms with Gasteiger partial charge in [0.25, 0.3) is 5.91 Å². The summed E-state index contributed by atoms with van der Waals surface area (Å²) in [6, 6.07) is 15.4. The molecule has 6 heteroatoms. The lowest BCUT2D eigenvalue weighted by atomic mass is 9.95. The molecule has 0 aliphatic heterocycles. The van der Waals surface area contributed by atoms with Gasteiger partial charge in [-0.3, -0.25) is 9.59 Å². The van der Waals surface area contributed by atoms with Gasteiger partial charge >= 0.3 is 0 Å². The van der Waals surface area contributed by atoms with Crippen LogP contribution < -0.4 is 10.1 Å². The van der Waals surface area contributed by atoms with Gasteiger partial charge in [0.05, 0.1) is 0 Å². The lowest BCUT2D eigenvalue weighted by molar-refractivity contribution is -0.143. The fraction of sp³-hybridized carbons (Fsp3) is 0.462. The number of hydrogen-bond donors (Lipinski definition) is 1. The van der Waals surface area contributed by atoms with Gasteiger partial charge in [0.15, 0.2) is 6.61 Å². The summed E-state index contributed by atoms with van der Waals surface area (Å²) in [5, 5.41) is 3.21. The highest BCUT2D eigenvalue weighted by Crippen LogP contribution is 2.20. The van der Waals surface area contributed by atoms with Crippen LogP contribution in [0.3, 0.4) is 0 Å². The fourth-order valence-corrected chi connectivity index (χ4v) is 4.59. The first-order chi connectivity index (χ1) is 15.5. The van der Waals surface area contributed by atoms with Crippen molar-refractivity contribution in [1.82, 2.24) is 10.2 Å². The van der Waals surface area contributed by atoms with Crippen LogP contribution in [0, 0.1) is 10.5 Å². The van der Waals surface area contributed by atoms with Crippen LogP contribution in [0.5, 0.6) is 5.75 Å². The maximum atomic E-state index is 13.3. The van der Waals surface area contributed by atoms with Crippen molar-refractivity contribution in [2.75, 3.05) is 6.61 Å². The predicted octanol–water partition coefficient (Wildman–Crippen LogP) is 5.23. The Balaban J connectivity index is 1.74. The van der Waals surface area contributed by atoms with E-state index >= 15 is 0 Å². The molecular formula is C26H33IN2O3. The van der Waals surface area contributed by atoms with Gasteiger partial charge < -0.3 is 15.0 Å². The highest BCUT2D eigenvalue weighted by atomic mass is 127. The third-order valence-corrected chi connectivity index (χ3v) is 6.67. The Morgan fingerprint density at radius 3 is 2.50 bits per heavy atom. The number of carbonyl (C=O) groups excluding carboxylic acids is 2. The van der Waals surface area contributed by atoms with Gasteiger partial charge in [0, 0.05) is 16.2 Å². The standard InChI is InChI=1S/C26H33IN2O3/c1-3-24(26(31)28-22-10-5-4-6-11-22)29(17-20-9-7-8-19(2)16-20)25(30)18-32-23-14-12-21(27)13-15-23/h7-9,12-16,22,24H,3-6,10-11,17-18H2,1-2H3,(H,28,31)/t24-/m1/s1. The number of benzene rings is 2. The molecule has 1 atom stereocenters. The van der Waals surface area contributed by atoms with Gasteiger partial charge in [-0.15, -0.1) is 0 Å². The van der Waals surface area contributed by atoms with Crippen LogP contribution in [-0.4, -0.2) is 35.4 Å². The first-order valence-electron chi connectivity index (χ1n) is 11.5. The largest absolute Gasteiger partial charge is 0.484 e. The summed E-state index contributed by atoms with van der Waals surface area (Å²) < 4.78 is 6.87. The molecular weight excluding hydrogens is 515 g/mol. The molecule has 1 saturated carbocycles. The molecule has 1 aliphatic carbocycles. The fourth-order valence-electron chi connectivity index (χ4n) is 4.23. The number of aryl methyl sites for hydroxylation is 1. The smallest absolute Gasteiger partial charge is 0.261 e. The van der Waals surface area contributed by atoms with Crippen molar-refractivity contribution >= 4 is 34.4 Å². The quantitative estimate of drug-likeness (QED) is 0.437. The average Bonchev–Trinajstić information content (AvgIpc) is 2.79. The topological polar surface area (TPSA) is 58.6 Å². The number of nitrogens with one attached hydrogen (secondary N) is 1. The van der Waals surface area contributed by atoms with E-state index in [4.69, 9.17) is 4.74 Å². The molecule has 3 rings (SSSR count). The second-order valence-corrected chi connectivity index (χ2v) is 9.77. The number of carbonyl (C=O) groups is 2. The zero-order valence-corrected chi connectivity index (χ0v) is 21.1. The maximum absolute atomic E-state index is 13.3. The molecule has 5 nitrogen and oxygen atoms in total. The summed E-state index contributed by atoms with van der Waals surface area (Å²) in [6.45, 7) is 4.27. The number of hydrogen-bond acceptors (Lipinski definition) is 3. The molecule has 0 bridgehead atoms. The van der Waals surface area contributed by atoms with Gasteiger partial charge in [-0.05, 0) is 78.6 Å². The summed E-state index contributed by atoms with van der Waals surface area (Å²) in [7, 11) is 0. The summed E-state index contributed by atoms with van der Waals surface area (Å²) in [5.74, 6) is 0.402. The van der Waals surface area contributed by atoms with Crippen LogP contribution >= 0.6 is 22.6 Å². The van der Waals surface area contributed by atoms with Gasteiger partial charge in [-0.1, -0.05) is 56.0 Å². The number of amides is 2. The maximum Gasteiger partial charge on any atom is 0.261 e. The van der Waals surface area contributed by atoms with Crippen molar-refractivity contribution < 1.29 is 14.3 Å². The van der Waals surface area contributed by atoms with Crippen molar-refractivity contribution in [2.45, 2.75) is 71.0 Å². The van der Waals surface area contributed by atoms with Crippen molar-refractivity contribution in [3.8, 4) is 5.75 Å². The molecule has 0 unspecified atom stereocenters. The zero-order valence-electron chi connectivity index (χ0n) is 19.0. The van der Waals surface area contributed by atoms with E-state index in [9.17, 15) is 9.59 Å². The minimum Gasteiger partial charge on any atom is -0.484 e. The number of ether oxygens (including phenoxy) is 1. The van der Waals surface area contributed by atoms with E-state index in [1.807, 2.05) is 56.3 Å². The van der Waals surface area contributed by atoms with E-state index < -0.39 is 6.04 Å². The Hall–Kier alpha value is -2.09. The third kappa shape index (κ3) is 7.22. The minimum atomic E-state index is -0.523. The normalized spacial score (nSPS) is 15.1. The summed E-state index contributed by atoms with van der Waals surface area (Å²) in [6.07, 6.45) is 6.12. The third-order valence-electron chi connectivity index (χ3n) is 5.95. The molecule has 2 amide bonds. The summed E-state index contributed by atoms with van der Waals surface area (Å²) >= 11 is 2.23. The minimum absolute atomic E-state index is 0.0605. The Morgan fingerprint density at radius 1 is 1.12 bits per heavy atom. The van der Waals surface area contributed by atoms with Crippen LogP contribution in [0.2, 0.25) is 0 Å². The Bertz CT molecular complexity index is 894.